The number of aryl methyl sites for hydroxylation is 1. The van der Waals surface area contributed by atoms with Crippen molar-refractivity contribution >= 4 is 11.7 Å². The first-order chi connectivity index (χ1) is 8.45. The third kappa shape index (κ3) is 3.74. The van der Waals surface area contributed by atoms with Gasteiger partial charge in [-0.3, -0.25) is 0 Å². The number of nitrogens with one attached hydrogen (secondary N) is 1. The maximum Gasteiger partial charge on any atom is 0.335 e. The molecule has 100 valence electrons. The van der Waals surface area contributed by atoms with Crippen molar-refractivity contribution in [2.45, 2.75) is 33.2 Å². The number of carbonyl (C=O) groups is 1. The molecule has 4 heteroatoms. The van der Waals surface area contributed by atoms with Crippen LogP contribution in [0.3, 0.4) is 0 Å². The van der Waals surface area contributed by atoms with E-state index in [4.69, 9.17) is 10.2 Å². The number of aliphatic hydroxyl groups is 1. The molecular formula is C14H21NO3. The van der Waals surface area contributed by atoms with Crippen molar-refractivity contribution in [3.05, 3.63) is 29.3 Å². The molecule has 0 saturated heterocycles. The predicted molar refractivity (Wildman–Crippen MR) is 72.1 cm³/mol. The van der Waals surface area contributed by atoms with Crippen molar-refractivity contribution in [1.29, 1.82) is 0 Å². The van der Waals surface area contributed by atoms with Gasteiger partial charge in [0.25, 0.3) is 0 Å². The van der Waals surface area contributed by atoms with Gasteiger partial charge < -0.3 is 15.5 Å². The van der Waals surface area contributed by atoms with Gasteiger partial charge in [-0.25, -0.2) is 4.79 Å². The van der Waals surface area contributed by atoms with Gasteiger partial charge in [0.05, 0.1) is 5.56 Å². The molecule has 0 aliphatic carbocycles. The second-order valence-corrected chi connectivity index (χ2v) is 4.84. The number of carboxylic acids is 1. The summed E-state index contributed by atoms with van der Waals surface area (Å²) < 4.78 is 0. The van der Waals surface area contributed by atoms with Gasteiger partial charge in [-0.2, -0.15) is 0 Å². The Kier molecular flexibility index (Phi) is 5.16. The van der Waals surface area contributed by atoms with Crippen LogP contribution >= 0.6 is 0 Å². The van der Waals surface area contributed by atoms with E-state index in [2.05, 4.69) is 19.2 Å². The summed E-state index contributed by atoms with van der Waals surface area (Å²) in [7, 11) is 0. The van der Waals surface area contributed by atoms with Crippen molar-refractivity contribution in [1.82, 2.24) is 0 Å². The normalized spacial score (nSPS) is 12.5. The Labute approximate surface area is 108 Å². The first kappa shape index (κ1) is 14.5. The molecule has 0 spiro atoms. The van der Waals surface area contributed by atoms with Crippen LogP contribution in [0.4, 0.5) is 5.69 Å². The van der Waals surface area contributed by atoms with Gasteiger partial charge in [0.15, 0.2) is 0 Å². The van der Waals surface area contributed by atoms with Crippen molar-refractivity contribution in [2.24, 2.45) is 5.92 Å². The molecule has 1 aromatic carbocycles. The van der Waals surface area contributed by atoms with E-state index in [1.807, 2.05) is 6.07 Å². The lowest BCUT2D eigenvalue weighted by molar-refractivity contribution is 0.0696. The highest BCUT2D eigenvalue weighted by Crippen LogP contribution is 2.19. The van der Waals surface area contributed by atoms with E-state index in [0.717, 1.165) is 11.3 Å². The number of anilines is 1. The summed E-state index contributed by atoms with van der Waals surface area (Å²) in [6, 6.07) is 5.39. The Morgan fingerprint density at radius 1 is 1.39 bits per heavy atom. The van der Waals surface area contributed by atoms with Gasteiger partial charge in [0.2, 0.25) is 0 Å². The van der Waals surface area contributed by atoms with E-state index < -0.39 is 5.97 Å². The number of benzene rings is 1. The highest BCUT2D eigenvalue weighted by atomic mass is 16.4. The quantitative estimate of drug-likeness (QED) is 0.726. The van der Waals surface area contributed by atoms with Crippen LogP contribution in [0.5, 0.6) is 0 Å². The van der Waals surface area contributed by atoms with E-state index in [9.17, 15) is 4.79 Å². The van der Waals surface area contributed by atoms with Gasteiger partial charge in [-0.1, -0.05) is 13.8 Å². The van der Waals surface area contributed by atoms with Crippen LogP contribution in [0.25, 0.3) is 0 Å². The first-order valence-electron chi connectivity index (χ1n) is 6.17. The third-order valence-electron chi connectivity index (χ3n) is 3.05. The Balaban J connectivity index is 2.84. The molecule has 3 N–H and O–H groups in total. The van der Waals surface area contributed by atoms with Crippen LogP contribution in [0.1, 0.15) is 36.2 Å². The smallest absolute Gasteiger partial charge is 0.335 e. The fraction of sp³-hybridized carbons (Fsp3) is 0.500. The molecule has 0 amide bonds. The molecule has 1 aromatic rings. The average molecular weight is 251 g/mol. The molecule has 1 rings (SSSR count). The minimum Gasteiger partial charge on any atom is -0.478 e. The number of aliphatic hydroxyl groups excluding tert-OH is 1. The Hall–Kier alpha value is -1.55. The Morgan fingerprint density at radius 2 is 2.06 bits per heavy atom. The molecule has 0 aliphatic rings. The second-order valence-electron chi connectivity index (χ2n) is 4.84. The first-order valence-corrected chi connectivity index (χ1v) is 6.17. The third-order valence-corrected chi connectivity index (χ3v) is 3.05. The highest BCUT2D eigenvalue weighted by Gasteiger charge is 2.13. The van der Waals surface area contributed by atoms with Gasteiger partial charge in [-0.15, -0.1) is 0 Å². The van der Waals surface area contributed by atoms with E-state index in [-0.39, 0.29) is 12.6 Å². The van der Waals surface area contributed by atoms with Crippen molar-refractivity contribution < 1.29 is 15.0 Å². The summed E-state index contributed by atoms with van der Waals surface area (Å²) in [5.74, 6) is -0.508. The van der Waals surface area contributed by atoms with Gasteiger partial charge >= 0.3 is 5.97 Å². The van der Waals surface area contributed by atoms with E-state index in [1.165, 1.54) is 0 Å². The zero-order valence-electron chi connectivity index (χ0n) is 11.1. The van der Waals surface area contributed by atoms with Crippen molar-refractivity contribution in [3.63, 3.8) is 0 Å². The average Bonchev–Trinajstić information content (AvgIpc) is 2.27. The topological polar surface area (TPSA) is 69.6 Å². The van der Waals surface area contributed by atoms with Crippen LogP contribution in [-0.2, 0) is 0 Å². The van der Waals surface area contributed by atoms with Gasteiger partial charge in [0, 0.05) is 18.3 Å². The molecule has 1 unspecified atom stereocenters. The van der Waals surface area contributed by atoms with Gasteiger partial charge in [-0.05, 0) is 43.0 Å². The van der Waals surface area contributed by atoms with Crippen LogP contribution < -0.4 is 5.32 Å². The molecule has 0 heterocycles. The second kappa shape index (κ2) is 6.40. The van der Waals surface area contributed by atoms with Crippen LogP contribution in [0, 0.1) is 12.8 Å². The zero-order valence-corrected chi connectivity index (χ0v) is 11.1. The van der Waals surface area contributed by atoms with Crippen molar-refractivity contribution in [3.8, 4) is 0 Å². The number of carboxylic acid groups (broad SMARTS) is 1. The predicted octanol–water partition coefficient (Wildman–Crippen LogP) is 2.51. The fourth-order valence-electron chi connectivity index (χ4n) is 1.92. The lowest BCUT2D eigenvalue weighted by Gasteiger charge is -2.23. The maximum atomic E-state index is 10.9. The number of hydrogen-bond acceptors (Lipinski definition) is 3. The molecular weight excluding hydrogens is 230 g/mol. The molecule has 0 aliphatic heterocycles. The molecule has 0 aromatic heterocycles. The molecule has 0 radical (unpaired) electrons. The van der Waals surface area contributed by atoms with Gasteiger partial charge in [0.1, 0.15) is 0 Å². The standard InChI is InChI=1S/C14H21NO3/c1-9(2)13(6-7-16)15-11-4-5-12(14(17)18)10(3)8-11/h4-5,8-9,13,15-16H,6-7H2,1-3H3,(H,17,18). The molecule has 4 nitrogen and oxygen atoms in total. The van der Waals surface area contributed by atoms with Crippen molar-refractivity contribution in [2.75, 3.05) is 11.9 Å². The summed E-state index contributed by atoms with van der Waals surface area (Å²) in [5.41, 5.74) is 1.95. The summed E-state index contributed by atoms with van der Waals surface area (Å²) in [4.78, 5) is 10.9. The Bertz CT molecular complexity index is 416. The summed E-state index contributed by atoms with van der Waals surface area (Å²) in [6.07, 6.45) is 0.678. The maximum absolute atomic E-state index is 10.9. The minimum absolute atomic E-state index is 0.141. The van der Waals surface area contributed by atoms with E-state index in [1.54, 1.807) is 19.1 Å². The molecule has 0 saturated carbocycles. The number of hydrogen-bond donors (Lipinski definition) is 3. The SMILES string of the molecule is Cc1cc(NC(CCO)C(C)C)ccc1C(=O)O. The van der Waals surface area contributed by atoms with Crippen LogP contribution in [0.15, 0.2) is 18.2 Å². The lowest BCUT2D eigenvalue weighted by atomic mass is 10.0. The molecule has 1 atom stereocenters. The lowest BCUT2D eigenvalue weighted by Crippen LogP contribution is -2.26. The van der Waals surface area contributed by atoms with Crippen LogP contribution in [0.2, 0.25) is 0 Å². The van der Waals surface area contributed by atoms with Crippen LogP contribution in [-0.4, -0.2) is 28.8 Å². The monoisotopic (exact) mass is 251 g/mol. The summed E-state index contributed by atoms with van der Waals surface area (Å²) >= 11 is 0. The fourth-order valence-corrected chi connectivity index (χ4v) is 1.92. The summed E-state index contributed by atoms with van der Waals surface area (Å²) in [5, 5.41) is 21.3. The minimum atomic E-state index is -0.908. The molecule has 18 heavy (non-hydrogen) atoms. The zero-order chi connectivity index (χ0) is 13.7. The number of aromatic carboxylic acids is 1. The Morgan fingerprint density at radius 3 is 2.50 bits per heavy atom. The summed E-state index contributed by atoms with van der Waals surface area (Å²) in [6.45, 7) is 6.10. The number of rotatable bonds is 6. The van der Waals surface area contributed by atoms with E-state index >= 15 is 0 Å². The largest absolute Gasteiger partial charge is 0.478 e. The molecule has 0 bridgehead atoms. The van der Waals surface area contributed by atoms with E-state index in [0.29, 0.717) is 17.9 Å². The molecule has 0 fully saturated rings. The highest BCUT2D eigenvalue weighted by molar-refractivity contribution is 5.89.